The predicted octanol–water partition coefficient (Wildman–Crippen LogP) is 2.25. The van der Waals surface area contributed by atoms with E-state index in [0.717, 1.165) is 6.26 Å². The van der Waals surface area contributed by atoms with Crippen LogP contribution in [-0.2, 0) is 10.0 Å². The summed E-state index contributed by atoms with van der Waals surface area (Å²) >= 11 is 5.98. The third-order valence-electron chi connectivity index (χ3n) is 2.45. The summed E-state index contributed by atoms with van der Waals surface area (Å²) in [6.45, 7) is 0. The summed E-state index contributed by atoms with van der Waals surface area (Å²) in [4.78, 5) is 7.78. The van der Waals surface area contributed by atoms with Gasteiger partial charge in [-0.2, -0.15) is 0 Å². The minimum Gasteiger partial charge on any atom is -0.494 e. The Labute approximate surface area is 127 Å². The molecule has 2 aromatic rings. The van der Waals surface area contributed by atoms with Crippen LogP contribution in [0.1, 0.15) is 0 Å². The number of sulfonamides is 1. The van der Waals surface area contributed by atoms with Crippen LogP contribution < -0.4 is 14.8 Å². The van der Waals surface area contributed by atoms with Crippen molar-refractivity contribution in [1.82, 2.24) is 9.97 Å². The first kappa shape index (κ1) is 15.3. The zero-order valence-corrected chi connectivity index (χ0v) is 12.9. The maximum absolute atomic E-state index is 11.5. The van der Waals surface area contributed by atoms with Gasteiger partial charge in [0.1, 0.15) is 22.8 Å². The standard InChI is InChI=1S/C12H13ClN4O3S/c1-20-10-5-3-4-9(11(10)17-21(2,18)19)16-12-8(13)6-14-7-15-12/h3-7,17H,1-2H3,(H,14,15,16). The van der Waals surface area contributed by atoms with Crippen molar-refractivity contribution in [1.29, 1.82) is 0 Å². The molecule has 1 heterocycles. The van der Waals surface area contributed by atoms with Crippen molar-refractivity contribution >= 4 is 38.8 Å². The normalized spacial score (nSPS) is 11.0. The molecule has 112 valence electrons. The van der Waals surface area contributed by atoms with Crippen LogP contribution in [0.3, 0.4) is 0 Å². The second kappa shape index (κ2) is 6.15. The van der Waals surface area contributed by atoms with E-state index < -0.39 is 10.0 Å². The highest BCUT2D eigenvalue weighted by Gasteiger charge is 2.14. The van der Waals surface area contributed by atoms with Gasteiger partial charge in [0.15, 0.2) is 5.82 Å². The largest absolute Gasteiger partial charge is 0.494 e. The quantitative estimate of drug-likeness (QED) is 0.874. The van der Waals surface area contributed by atoms with Gasteiger partial charge in [-0.15, -0.1) is 0 Å². The molecule has 7 nitrogen and oxygen atoms in total. The first-order valence-corrected chi connectivity index (χ1v) is 8.05. The Balaban J connectivity index is 2.46. The molecule has 0 saturated carbocycles. The van der Waals surface area contributed by atoms with Crippen LogP contribution >= 0.6 is 11.6 Å². The molecule has 0 aliphatic carbocycles. The zero-order valence-electron chi connectivity index (χ0n) is 11.3. The lowest BCUT2D eigenvalue weighted by Crippen LogP contribution is -2.12. The van der Waals surface area contributed by atoms with E-state index in [2.05, 4.69) is 20.0 Å². The van der Waals surface area contributed by atoms with Crippen molar-refractivity contribution in [3.63, 3.8) is 0 Å². The number of anilines is 3. The highest BCUT2D eigenvalue weighted by molar-refractivity contribution is 7.92. The molecule has 9 heteroatoms. The monoisotopic (exact) mass is 328 g/mol. The average Bonchev–Trinajstić information content (AvgIpc) is 2.41. The molecule has 0 fully saturated rings. The van der Waals surface area contributed by atoms with E-state index in [1.807, 2.05) is 0 Å². The molecule has 0 saturated heterocycles. The third kappa shape index (κ3) is 3.96. The van der Waals surface area contributed by atoms with Crippen LogP contribution in [0.2, 0.25) is 5.02 Å². The molecule has 0 spiro atoms. The smallest absolute Gasteiger partial charge is 0.230 e. The van der Waals surface area contributed by atoms with E-state index in [4.69, 9.17) is 16.3 Å². The predicted molar refractivity (Wildman–Crippen MR) is 81.8 cm³/mol. The van der Waals surface area contributed by atoms with E-state index in [-0.39, 0.29) is 5.69 Å². The van der Waals surface area contributed by atoms with Crippen LogP contribution in [0.4, 0.5) is 17.2 Å². The van der Waals surface area contributed by atoms with Gasteiger partial charge in [-0.25, -0.2) is 18.4 Å². The van der Waals surface area contributed by atoms with Crippen LogP contribution in [0, 0.1) is 0 Å². The van der Waals surface area contributed by atoms with Crippen LogP contribution in [0.15, 0.2) is 30.7 Å². The van der Waals surface area contributed by atoms with Gasteiger partial charge in [0.2, 0.25) is 10.0 Å². The fourth-order valence-corrected chi connectivity index (χ4v) is 2.36. The van der Waals surface area contributed by atoms with Crippen LogP contribution in [-0.4, -0.2) is 31.8 Å². The topological polar surface area (TPSA) is 93.2 Å². The van der Waals surface area contributed by atoms with E-state index in [1.54, 1.807) is 18.2 Å². The van der Waals surface area contributed by atoms with Gasteiger partial charge >= 0.3 is 0 Å². The SMILES string of the molecule is COc1cccc(Nc2ncncc2Cl)c1NS(C)(=O)=O. The number of rotatable bonds is 5. The molecular formula is C12H13ClN4O3S. The molecule has 0 aliphatic rings. The first-order chi connectivity index (χ1) is 9.90. The molecule has 21 heavy (non-hydrogen) atoms. The number of para-hydroxylation sites is 1. The molecule has 0 bridgehead atoms. The summed E-state index contributed by atoms with van der Waals surface area (Å²) < 4.78 is 30.6. The number of halogens is 1. The molecule has 0 amide bonds. The summed E-state index contributed by atoms with van der Waals surface area (Å²) in [6.07, 6.45) is 3.82. The molecular weight excluding hydrogens is 316 g/mol. The fourth-order valence-electron chi connectivity index (χ4n) is 1.63. The molecule has 1 aromatic carbocycles. The highest BCUT2D eigenvalue weighted by atomic mass is 35.5. The molecule has 1 aromatic heterocycles. The summed E-state index contributed by atoms with van der Waals surface area (Å²) in [5.74, 6) is 0.729. The molecule has 2 N–H and O–H groups in total. The van der Waals surface area contributed by atoms with E-state index in [0.29, 0.717) is 22.3 Å². The maximum atomic E-state index is 11.5. The lowest BCUT2D eigenvalue weighted by molar-refractivity contribution is 0.417. The van der Waals surface area contributed by atoms with Gasteiger partial charge in [0.25, 0.3) is 0 Å². The Morgan fingerprint density at radius 1 is 1.33 bits per heavy atom. The number of hydrogen-bond donors (Lipinski definition) is 2. The lowest BCUT2D eigenvalue weighted by atomic mass is 10.2. The Morgan fingerprint density at radius 3 is 2.71 bits per heavy atom. The number of hydrogen-bond acceptors (Lipinski definition) is 6. The Morgan fingerprint density at radius 2 is 2.10 bits per heavy atom. The first-order valence-electron chi connectivity index (χ1n) is 5.78. The summed E-state index contributed by atoms with van der Waals surface area (Å²) in [5.41, 5.74) is 0.734. The minimum absolute atomic E-state index is 0.275. The van der Waals surface area contributed by atoms with E-state index in [9.17, 15) is 8.42 Å². The van der Waals surface area contributed by atoms with Gasteiger partial charge in [-0.1, -0.05) is 17.7 Å². The average molecular weight is 329 g/mol. The second-order valence-electron chi connectivity index (χ2n) is 4.10. The Kier molecular flexibility index (Phi) is 4.49. The number of ether oxygens (including phenoxy) is 1. The lowest BCUT2D eigenvalue weighted by Gasteiger charge is -2.16. The van der Waals surface area contributed by atoms with Crippen LogP contribution in [0.5, 0.6) is 5.75 Å². The van der Waals surface area contributed by atoms with Gasteiger partial charge in [-0.3, -0.25) is 4.72 Å². The second-order valence-corrected chi connectivity index (χ2v) is 6.26. The van der Waals surface area contributed by atoms with E-state index in [1.165, 1.54) is 19.6 Å². The number of nitrogens with one attached hydrogen (secondary N) is 2. The minimum atomic E-state index is -3.47. The van der Waals surface area contributed by atoms with Gasteiger partial charge < -0.3 is 10.1 Å². The van der Waals surface area contributed by atoms with Crippen molar-refractivity contribution in [2.24, 2.45) is 0 Å². The Hall–Kier alpha value is -2.06. The van der Waals surface area contributed by atoms with Gasteiger partial charge in [0, 0.05) is 0 Å². The van der Waals surface area contributed by atoms with E-state index >= 15 is 0 Å². The van der Waals surface area contributed by atoms with Crippen molar-refractivity contribution < 1.29 is 13.2 Å². The molecule has 0 radical (unpaired) electrons. The summed E-state index contributed by atoms with van der Waals surface area (Å²) in [7, 11) is -2.02. The summed E-state index contributed by atoms with van der Waals surface area (Å²) in [6, 6.07) is 5.03. The highest BCUT2D eigenvalue weighted by Crippen LogP contribution is 2.35. The summed E-state index contributed by atoms with van der Waals surface area (Å²) in [5, 5.41) is 3.26. The number of benzene rings is 1. The van der Waals surface area contributed by atoms with Gasteiger partial charge in [-0.05, 0) is 12.1 Å². The third-order valence-corrected chi connectivity index (χ3v) is 3.31. The number of nitrogens with zero attached hydrogens (tertiary/aromatic N) is 2. The van der Waals surface area contributed by atoms with Crippen molar-refractivity contribution in [2.45, 2.75) is 0 Å². The van der Waals surface area contributed by atoms with Crippen LogP contribution in [0.25, 0.3) is 0 Å². The molecule has 2 rings (SSSR count). The molecule has 0 atom stereocenters. The zero-order chi connectivity index (χ0) is 15.5. The van der Waals surface area contributed by atoms with Crippen molar-refractivity contribution in [3.8, 4) is 5.75 Å². The molecule has 0 aliphatic heterocycles. The maximum Gasteiger partial charge on any atom is 0.230 e. The Bertz CT molecular complexity index is 752. The van der Waals surface area contributed by atoms with Crippen molar-refractivity contribution in [3.05, 3.63) is 35.7 Å². The molecule has 0 unspecified atom stereocenters. The number of aromatic nitrogens is 2. The van der Waals surface area contributed by atoms with Gasteiger partial charge in [0.05, 0.1) is 25.2 Å². The number of methoxy groups -OCH3 is 1. The fraction of sp³-hybridized carbons (Fsp3) is 0.167. The van der Waals surface area contributed by atoms with Crippen molar-refractivity contribution in [2.75, 3.05) is 23.4 Å².